The Labute approximate surface area is 174 Å². The summed E-state index contributed by atoms with van der Waals surface area (Å²) in [5.74, 6) is 0.848. The lowest BCUT2D eigenvalue weighted by Crippen LogP contribution is -2.18. The molecule has 6 nitrogen and oxygen atoms in total. The number of aromatic nitrogens is 5. The van der Waals surface area contributed by atoms with Gasteiger partial charge in [-0.2, -0.15) is 0 Å². The molecule has 0 radical (unpaired) electrons. The molecule has 0 aliphatic heterocycles. The number of nitrogens with zero attached hydrogens (tertiary/aromatic N) is 5. The number of nitrogens with two attached hydrogens (primary N) is 1. The minimum absolute atomic E-state index is 0.213. The van der Waals surface area contributed by atoms with Crippen LogP contribution in [0.1, 0.15) is 17.6 Å². The lowest BCUT2D eigenvalue weighted by Gasteiger charge is -2.13. The van der Waals surface area contributed by atoms with Gasteiger partial charge in [0.25, 0.3) is 0 Å². The molecule has 0 aliphatic carbocycles. The van der Waals surface area contributed by atoms with E-state index in [1.54, 1.807) is 6.20 Å². The van der Waals surface area contributed by atoms with E-state index >= 15 is 0 Å². The molecule has 2 aromatic carbocycles. The molecule has 0 saturated heterocycles. The monoisotopic (exact) mass is 394 g/mol. The second-order valence-corrected chi connectivity index (χ2v) is 7.34. The zero-order valence-electron chi connectivity index (χ0n) is 16.7. The zero-order chi connectivity index (χ0) is 20.5. The van der Waals surface area contributed by atoms with Crippen molar-refractivity contribution in [2.75, 3.05) is 0 Å². The van der Waals surface area contributed by atoms with Crippen LogP contribution in [0.4, 0.5) is 0 Å². The van der Waals surface area contributed by atoms with Crippen LogP contribution in [0.25, 0.3) is 28.0 Å². The summed E-state index contributed by atoms with van der Waals surface area (Å²) in [5, 5.41) is 0. The van der Waals surface area contributed by atoms with Gasteiger partial charge in [0, 0.05) is 31.0 Å². The summed E-state index contributed by atoms with van der Waals surface area (Å²) in [6.45, 7) is 0. The van der Waals surface area contributed by atoms with Crippen molar-refractivity contribution in [1.29, 1.82) is 0 Å². The summed E-state index contributed by atoms with van der Waals surface area (Å²) in [5.41, 5.74) is 12.7. The van der Waals surface area contributed by atoms with Crippen LogP contribution in [-0.4, -0.2) is 24.1 Å². The number of hydrogen-bond acceptors (Lipinski definition) is 4. The van der Waals surface area contributed by atoms with Gasteiger partial charge in [-0.15, -0.1) is 0 Å². The molecule has 0 amide bonds. The Morgan fingerprint density at radius 1 is 0.900 bits per heavy atom. The van der Waals surface area contributed by atoms with E-state index < -0.39 is 0 Å². The molecule has 3 heterocycles. The summed E-state index contributed by atoms with van der Waals surface area (Å²) in [7, 11) is 2.01. The molecular formula is C24H22N6. The molecule has 0 spiro atoms. The SMILES string of the molecule is Cn1c(-c2ccc(-n3cnc4ccccc43)cc2)cnc1[C@@H](N)Cc1ccccn1. The van der Waals surface area contributed by atoms with E-state index in [0.29, 0.717) is 6.42 Å². The molecule has 148 valence electrons. The van der Waals surface area contributed by atoms with E-state index in [-0.39, 0.29) is 6.04 Å². The van der Waals surface area contributed by atoms with Gasteiger partial charge in [0.1, 0.15) is 12.2 Å². The first-order valence-corrected chi connectivity index (χ1v) is 9.91. The van der Waals surface area contributed by atoms with Crippen LogP contribution in [0, 0.1) is 0 Å². The summed E-state index contributed by atoms with van der Waals surface area (Å²) >= 11 is 0. The highest BCUT2D eigenvalue weighted by Gasteiger charge is 2.16. The van der Waals surface area contributed by atoms with Crippen LogP contribution in [0.3, 0.4) is 0 Å². The molecule has 6 heteroatoms. The Morgan fingerprint density at radius 3 is 2.50 bits per heavy atom. The van der Waals surface area contributed by atoms with Crippen molar-refractivity contribution in [2.45, 2.75) is 12.5 Å². The maximum absolute atomic E-state index is 6.43. The maximum Gasteiger partial charge on any atom is 0.126 e. The van der Waals surface area contributed by atoms with Gasteiger partial charge in [0.2, 0.25) is 0 Å². The van der Waals surface area contributed by atoms with E-state index in [1.807, 2.05) is 56.0 Å². The van der Waals surface area contributed by atoms with Gasteiger partial charge in [-0.1, -0.05) is 30.3 Å². The van der Waals surface area contributed by atoms with Crippen molar-refractivity contribution in [3.63, 3.8) is 0 Å². The van der Waals surface area contributed by atoms with Crippen LogP contribution in [0.2, 0.25) is 0 Å². The van der Waals surface area contributed by atoms with Gasteiger partial charge >= 0.3 is 0 Å². The van der Waals surface area contributed by atoms with E-state index in [9.17, 15) is 0 Å². The number of fused-ring (bicyclic) bond motifs is 1. The Kier molecular flexibility index (Phi) is 4.61. The first-order valence-electron chi connectivity index (χ1n) is 9.91. The third-order valence-electron chi connectivity index (χ3n) is 5.41. The normalized spacial score (nSPS) is 12.3. The first-order chi connectivity index (χ1) is 14.7. The Balaban J connectivity index is 1.41. The summed E-state index contributed by atoms with van der Waals surface area (Å²) in [6, 6.07) is 22.2. The minimum Gasteiger partial charge on any atom is -0.330 e. The Hall–Kier alpha value is -3.77. The van der Waals surface area contributed by atoms with E-state index in [2.05, 4.69) is 54.4 Å². The third-order valence-corrected chi connectivity index (χ3v) is 5.41. The van der Waals surface area contributed by atoms with Crippen molar-refractivity contribution >= 4 is 11.0 Å². The molecule has 0 unspecified atom stereocenters. The quantitative estimate of drug-likeness (QED) is 0.488. The largest absolute Gasteiger partial charge is 0.330 e. The van der Waals surface area contributed by atoms with Crippen LogP contribution in [0.15, 0.2) is 85.5 Å². The molecule has 2 N–H and O–H groups in total. The lowest BCUT2D eigenvalue weighted by atomic mass is 10.1. The molecule has 3 aromatic heterocycles. The van der Waals surface area contributed by atoms with Gasteiger partial charge in [0.15, 0.2) is 0 Å². The molecule has 0 saturated carbocycles. The maximum atomic E-state index is 6.43. The van der Waals surface area contributed by atoms with Crippen molar-refractivity contribution in [3.05, 3.63) is 97.0 Å². The molecule has 0 aliphatic rings. The van der Waals surface area contributed by atoms with Crippen molar-refractivity contribution in [2.24, 2.45) is 12.8 Å². The van der Waals surface area contributed by atoms with Gasteiger partial charge in [-0.3, -0.25) is 9.55 Å². The summed E-state index contributed by atoms with van der Waals surface area (Å²) in [6.07, 6.45) is 6.18. The summed E-state index contributed by atoms with van der Waals surface area (Å²) < 4.78 is 4.16. The third kappa shape index (κ3) is 3.27. The molecule has 1 atom stereocenters. The standard InChI is InChI=1S/C24H22N6/c1-29-23(15-27-24(29)20(25)14-18-6-4-5-13-26-18)17-9-11-19(12-10-17)30-16-28-21-7-2-3-8-22(21)30/h2-13,15-16,20H,14,25H2,1H3/t20-/m0/s1. The number of para-hydroxylation sites is 2. The van der Waals surface area contributed by atoms with Crippen LogP contribution < -0.4 is 5.73 Å². The number of rotatable bonds is 5. The Morgan fingerprint density at radius 2 is 1.70 bits per heavy atom. The highest BCUT2D eigenvalue weighted by Crippen LogP contribution is 2.25. The van der Waals surface area contributed by atoms with E-state index in [4.69, 9.17) is 5.73 Å². The minimum atomic E-state index is -0.213. The fourth-order valence-corrected chi connectivity index (χ4v) is 3.83. The average molecular weight is 394 g/mol. The lowest BCUT2D eigenvalue weighted by molar-refractivity contribution is 0.626. The molecular weight excluding hydrogens is 372 g/mol. The van der Waals surface area contributed by atoms with Gasteiger partial charge in [0.05, 0.1) is 29.0 Å². The van der Waals surface area contributed by atoms with Crippen molar-refractivity contribution in [3.8, 4) is 16.9 Å². The molecule has 5 rings (SSSR count). The fourth-order valence-electron chi connectivity index (χ4n) is 3.83. The fraction of sp³-hybridized carbons (Fsp3) is 0.125. The number of imidazole rings is 2. The second-order valence-electron chi connectivity index (χ2n) is 7.34. The predicted molar refractivity (Wildman–Crippen MR) is 118 cm³/mol. The topological polar surface area (TPSA) is 74.5 Å². The second kappa shape index (κ2) is 7.57. The predicted octanol–water partition coefficient (Wildman–Crippen LogP) is 4.06. The number of benzene rings is 2. The van der Waals surface area contributed by atoms with E-state index in [1.165, 1.54) is 0 Å². The highest BCUT2D eigenvalue weighted by molar-refractivity contribution is 5.77. The van der Waals surface area contributed by atoms with Crippen molar-refractivity contribution < 1.29 is 0 Å². The number of pyridine rings is 1. The Bertz CT molecular complexity index is 1280. The molecule has 0 bridgehead atoms. The highest BCUT2D eigenvalue weighted by atomic mass is 15.1. The van der Waals surface area contributed by atoms with Crippen LogP contribution >= 0.6 is 0 Å². The smallest absolute Gasteiger partial charge is 0.126 e. The molecule has 5 aromatic rings. The number of hydrogen-bond donors (Lipinski definition) is 1. The van der Waals surface area contributed by atoms with Crippen molar-refractivity contribution in [1.82, 2.24) is 24.1 Å². The van der Waals surface area contributed by atoms with Gasteiger partial charge < -0.3 is 10.3 Å². The molecule has 0 fully saturated rings. The zero-order valence-corrected chi connectivity index (χ0v) is 16.7. The summed E-state index contributed by atoms with van der Waals surface area (Å²) in [4.78, 5) is 13.4. The van der Waals surface area contributed by atoms with E-state index in [0.717, 1.165) is 39.5 Å². The van der Waals surface area contributed by atoms with Gasteiger partial charge in [-0.05, 0) is 42.0 Å². The van der Waals surface area contributed by atoms with Gasteiger partial charge in [-0.25, -0.2) is 9.97 Å². The average Bonchev–Trinajstić information content (AvgIpc) is 3.38. The van der Waals surface area contributed by atoms with Crippen LogP contribution in [-0.2, 0) is 13.5 Å². The first kappa shape index (κ1) is 18.3. The van der Waals surface area contributed by atoms with Crippen LogP contribution in [0.5, 0.6) is 0 Å². The molecule has 30 heavy (non-hydrogen) atoms.